The number of hydrogen-bond donors (Lipinski definition) is 2. The molecule has 0 spiro atoms. The van der Waals surface area contributed by atoms with Crippen molar-refractivity contribution < 1.29 is 33.3 Å². The van der Waals surface area contributed by atoms with Crippen LogP contribution in [0.1, 0.15) is 48.3 Å². The molecule has 9 heteroatoms. The molecule has 1 amide bonds. The highest BCUT2D eigenvalue weighted by Gasteiger charge is 2.28. The van der Waals surface area contributed by atoms with E-state index in [1.807, 2.05) is 0 Å². The monoisotopic (exact) mass is 510 g/mol. The molecule has 0 fully saturated rings. The molecular weight excluding hydrogens is 479 g/mol. The SMILES string of the molecule is COc1cc(C(=O)CCC(C)(O)c2ccc(OC)c(-c3ccc(F)c(C)c3)n2)ccc1OC(C)C(N)=O. The summed E-state index contributed by atoms with van der Waals surface area (Å²) < 4.78 is 30.0. The second-order valence-electron chi connectivity index (χ2n) is 8.94. The summed E-state index contributed by atoms with van der Waals surface area (Å²) in [7, 11) is 2.93. The third-order valence-corrected chi connectivity index (χ3v) is 6.09. The van der Waals surface area contributed by atoms with Gasteiger partial charge in [-0.25, -0.2) is 9.37 Å². The van der Waals surface area contributed by atoms with Crippen LogP contribution in [0.3, 0.4) is 0 Å². The molecule has 0 saturated carbocycles. The van der Waals surface area contributed by atoms with Crippen LogP contribution in [0.15, 0.2) is 48.5 Å². The van der Waals surface area contributed by atoms with Gasteiger partial charge in [0.15, 0.2) is 23.4 Å². The predicted molar refractivity (Wildman–Crippen MR) is 136 cm³/mol. The van der Waals surface area contributed by atoms with Gasteiger partial charge in [0.05, 0.1) is 19.9 Å². The normalized spacial score (nSPS) is 13.4. The summed E-state index contributed by atoms with van der Waals surface area (Å²) in [5.74, 6) is -0.153. The number of hydrogen-bond acceptors (Lipinski definition) is 7. The number of ketones is 1. The molecule has 0 saturated heterocycles. The van der Waals surface area contributed by atoms with E-state index in [0.29, 0.717) is 33.8 Å². The van der Waals surface area contributed by atoms with Crippen LogP contribution in [0, 0.1) is 12.7 Å². The molecule has 3 N–H and O–H groups in total. The van der Waals surface area contributed by atoms with E-state index in [9.17, 15) is 19.1 Å². The molecule has 8 nitrogen and oxygen atoms in total. The number of ether oxygens (including phenoxy) is 3. The quantitative estimate of drug-likeness (QED) is 0.368. The van der Waals surface area contributed by atoms with Gasteiger partial charge in [-0.05, 0) is 81.3 Å². The van der Waals surface area contributed by atoms with E-state index in [-0.39, 0.29) is 35.9 Å². The van der Waals surface area contributed by atoms with E-state index in [2.05, 4.69) is 4.98 Å². The lowest BCUT2D eigenvalue weighted by Gasteiger charge is -2.24. The number of carbonyl (C=O) groups is 2. The Morgan fingerprint density at radius 2 is 1.73 bits per heavy atom. The number of nitrogens with zero attached hydrogens (tertiary/aromatic N) is 1. The number of halogens is 1. The number of nitrogens with two attached hydrogens (primary N) is 1. The third kappa shape index (κ3) is 6.42. The van der Waals surface area contributed by atoms with Gasteiger partial charge in [-0.1, -0.05) is 0 Å². The minimum Gasteiger partial charge on any atom is -0.494 e. The standard InChI is InChI=1S/C28H31FN2O6/c1-16-14-19(6-8-20(16)29)26-23(35-4)10-11-25(31-26)28(3,34)13-12-21(32)18-7-9-22(24(15-18)36-5)37-17(2)27(30)33/h6-11,14-15,17,34H,12-13H2,1-5H3,(H2,30,33). The van der Waals surface area contributed by atoms with Gasteiger partial charge in [0, 0.05) is 17.5 Å². The summed E-state index contributed by atoms with van der Waals surface area (Å²) in [6, 6.07) is 12.5. The van der Waals surface area contributed by atoms with E-state index >= 15 is 0 Å². The summed E-state index contributed by atoms with van der Waals surface area (Å²) in [5, 5.41) is 11.2. The Morgan fingerprint density at radius 3 is 2.35 bits per heavy atom. The largest absolute Gasteiger partial charge is 0.494 e. The minimum atomic E-state index is -1.43. The highest BCUT2D eigenvalue weighted by Crippen LogP contribution is 2.34. The van der Waals surface area contributed by atoms with Crippen molar-refractivity contribution in [1.29, 1.82) is 0 Å². The van der Waals surface area contributed by atoms with Crippen LogP contribution >= 0.6 is 0 Å². The number of Topliss-reactive ketones (excluding diaryl/α,β-unsaturated/α-hetero) is 1. The fourth-order valence-corrected chi connectivity index (χ4v) is 3.73. The zero-order chi connectivity index (χ0) is 27.3. The maximum atomic E-state index is 13.8. The number of rotatable bonds is 11. The summed E-state index contributed by atoms with van der Waals surface area (Å²) >= 11 is 0. The van der Waals surface area contributed by atoms with Crippen molar-refractivity contribution in [3.05, 3.63) is 71.2 Å². The molecule has 0 aliphatic heterocycles. The Labute approximate surface area is 215 Å². The molecule has 0 aliphatic carbocycles. The molecule has 196 valence electrons. The molecule has 1 aromatic heterocycles. The van der Waals surface area contributed by atoms with Crippen LogP contribution < -0.4 is 19.9 Å². The first-order valence-corrected chi connectivity index (χ1v) is 11.7. The smallest absolute Gasteiger partial charge is 0.258 e. The number of aryl methyl sites for hydroxylation is 1. The number of amides is 1. The van der Waals surface area contributed by atoms with Crippen molar-refractivity contribution in [3.63, 3.8) is 0 Å². The second kappa shape index (κ2) is 11.4. The molecular formula is C28H31FN2O6. The third-order valence-electron chi connectivity index (χ3n) is 6.09. The lowest BCUT2D eigenvalue weighted by atomic mass is 9.92. The summed E-state index contributed by atoms with van der Waals surface area (Å²) in [4.78, 5) is 28.8. The van der Waals surface area contributed by atoms with Crippen LogP contribution in [-0.4, -0.2) is 42.1 Å². The first-order chi connectivity index (χ1) is 17.5. The van der Waals surface area contributed by atoms with Crippen LogP contribution in [0.25, 0.3) is 11.3 Å². The zero-order valence-corrected chi connectivity index (χ0v) is 21.5. The van der Waals surface area contributed by atoms with Crippen LogP contribution in [0.4, 0.5) is 4.39 Å². The van der Waals surface area contributed by atoms with E-state index in [1.165, 1.54) is 39.3 Å². The van der Waals surface area contributed by atoms with Crippen molar-refractivity contribution >= 4 is 11.7 Å². The molecule has 1 heterocycles. The first kappa shape index (κ1) is 27.6. The van der Waals surface area contributed by atoms with E-state index in [1.54, 1.807) is 44.2 Å². The average molecular weight is 511 g/mol. The fourth-order valence-electron chi connectivity index (χ4n) is 3.73. The Bertz CT molecular complexity index is 1310. The van der Waals surface area contributed by atoms with Crippen LogP contribution in [-0.2, 0) is 10.4 Å². The maximum Gasteiger partial charge on any atom is 0.258 e. The maximum absolute atomic E-state index is 13.8. The Kier molecular flexibility index (Phi) is 8.49. The predicted octanol–water partition coefficient (Wildman–Crippen LogP) is 4.34. The lowest BCUT2D eigenvalue weighted by molar-refractivity contribution is -0.124. The molecule has 2 atom stereocenters. The van der Waals surface area contributed by atoms with Crippen molar-refractivity contribution in [3.8, 4) is 28.5 Å². The minimum absolute atomic E-state index is 0.0206. The number of aliphatic hydroxyl groups is 1. The fraction of sp³-hybridized carbons (Fsp3) is 0.321. The molecule has 3 rings (SSSR count). The molecule has 37 heavy (non-hydrogen) atoms. The lowest BCUT2D eigenvalue weighted by Crippen LogP contribution is -2.30. The Morgan fingerprint density at radius 1 is 1.05 bits per heavy atom. The highest BCUT2D eigenvalue weighted by atomic mass is 19.1. The zero-order valence-electron chi connectivity index (χ0n) is 21.5. The molecule has 0 radical (unpaired) electrons. The summed E-state index contributed by atoms with van der Waals surface area (Å²) in [6.07, 6.45) is -0.759. The first-order valence-electron chi connectivity index (χ1n) is 11.7. The van der Waals surface area contributed by atoms with Gasteiger partial charge in [-0.15, -0.1) is 0 Å². The van der Waals surface area contributed by atoms with Crippen LogP contribution in [0.2, 0.25) is 0 Å². The number of benzene rings is 2. The molecule has 0 aliphatic rings. The van der Waals surface area contributed by atoms with Crippen molar-refractivity contribution in [2.45, 2.75) is 45.3 Å². The van der Waals surface area contributed by atoms with Gasteiger partial charge >= 0.3 is 0 Å². The molecule has 0 bridgehead atoms. The van der Waals surface area contributed by atoms with Crippen molar-refractivity contribution in [2.75, 3.05) is 14.2 Å². The summed E-state index contributed by atoms with van der Waals surface area (Å²) in [6.45, 7) is 4.75. The van der Waals surface area contributed by atoms with E-state index < -0.39 is 17.6 Å². The Balaban J connectivity index is 1.80. The molecule has 2 unspecified atom stereocenters. The van der Waals surface area contributed by atoms with Gasteiger partial charge in [0.25, 0.3) is 5.91 Å². The Hall–Kier alpha value is -3.98. The van der Waals surface area contributed by atoms with E-state index in [0.717, 1.165) is 0 Å². The number of methoxy groups -OCH3 is 2. The highest BCUT2D eigenvalue weighted by molar-refractivity contribution is 5.96. The average Bonchev–Trinajstić information content (AvgIpc) is 2.88. The molecule has 3 aromatic rings. The van der Waals surface area contributed by atoms with Gasteiger partial charge in [0.2, 0.25) is 0 Å². The second-order valence-corrected chi connectivity index (χ2v) is 8.94. The van der Waals surface area contributed by atoms with Crippen LogP contribution in [0.5, 0.6) is 17.2 Å². The number of primary amides is 1. The van der Waals surface area contributed by atoms with Crippen molar-refractivity contribution in [1.82, 2.24) is 4.98 Å². The number of pyridine rings is 1. The van der Waals surface area contributed by atoms with Gasteiger partial charge < -0.3 is 25.1 Å². The number of carbonyl (C=O) groups excluding carboxylic acids is 2. The van der Waals surface area contributed by atoms with Gasteiger partial charge in [0.1, 0.15) is 22.9 Å². The molecule has 2 aromatic carbocycles. The number of aromatic nitrogens is 1. The van der Waals surface area contributed by atoms with Crippen molar-refractivity contribution in [2.24, 2.45) is 5.73 Å². The summed E-state index contributed by atoms with van der Waals surface area (Å²) in [5.41, 5.74) is 6.07. The van der Waals surface area contributed by atoms with E-state index in [4.69, 9.17) is 19.9 Å². The van der Waals surface area contributed by atoms with Gasteiger partial charge in [-0.2, -0.15) is 0 Å². The van der Waals surface area contributed by atoms with Gasteiger partial charge in [-0.3, -0.25) is 9.59 Å². The topological polar surface area (TPSA) is 121 Å².